The SMILES string of the molecule is COc1ccccc1-c1cc(-c2ccc(SC)cc2)c(C#N)c(N)n1. The Labute approximate surface area is 151 Å². The number of benzene rings is 2. The summed E-state index contributed by atoms with van der Waals surface area (Å²) in [6, 6.07) is 19.7. The highest BCUT2D eigenvalue weighted by molar-refractivity contribution is 7.98. The highest BCUT2D eigenvalue weighted by Gasteiger charge is 2.15. The number of ether oxygens (including phenoxy) is 1. The third-order valence-corrected chi connectivity index (χ3v) is 4.69. The summed E-state index contributed by atoms with van der Waals surface area (Å²) in [5, 5.41) is 9.52. The van der Waals surface area contributed by atoms with Crippen LogP contribution in [0.15, 0.2) is 59.5 Å². The molecule has 1 aromatic heterocycles. The molecule has 0 saturated carbocycles. The van der Waals surface area contributed by atoms with Crippen LogP contribution in [-0.4, -0.2) is 18.3 Å². The molecule has 124 valence electrons. The number of methoxy groups -OCH3 is 1. The van der Waals surface area contributed by atoms with Gasteiger partial charge in [-0.2, -0.15) is 5.26 Å². The van der Waals surface area contributed by atoms with Crippen molar-refractivity contribution in [1.29, 1.82) is 5.26 Å². The second kappa shape index (κ2) is 7.29. The summed E-state index contributed by atoms with van der Waals surface area (Å²) in [6.45, 7) is 0. The van der Waals surface area contributed by atoms with Crippen molar-refractivity contribution >= 4 is 17.6 Å². The molecule has 2 aromatic carbocycles. The standard InChI is InChI=1S/C20H17N3OS/c1-24-19-6-4-3-5-15(19)18-11-16(17(12-21)20(22)23-18)13-7-9-14(25-2)10-8-13/h3-11H,1-2H3,(H2,22,23). The zero-order chi connectivity index (χ0) is 17.8. The molecule has 0 atom stereocenters. The number of thioether (sulfide) groups is 1. The molecule has 4 nitrogen and oxygen atoms in total. The molecule has 2 N–H and O–H groups in total. The van der Waals surface area contributed by atoms with Crippen LogP contribution < -0.4 is 10.5 Å². The van der Waals surface area contributed by atoms with Crippen molar-refractivity contribution in [2.75, 3.05) is 19.1 Å². The molecule has 0 saturated heterocycles. The van der Waals surface area contributed by atoms with Crippen molar-refractivity contribution < 1.29 is 4.74 Å². The second-order valence-corrected chi connectivity index (χ2v) is 6.24. The molecule has 25 heavy (non-hydrogen) atoms. The summed E-state index contributed by atoms with van der Waals surface area (Å²) in [6.07, 6.45) is 2.03. The van der Waals surface area contributed by atoms with Gasteiger partial charge in [0.05, 0.1) is 12.8 Å². The summed E-state index contributed by atoms with van der Waals surface area (Å²) in [7, 11) is 1.62. The molecule has 0 fully saturated rings. The van der Waals surface area contributed by atoms with Crippen molar-refractivity contribution in [3.63, 3.8) is 0 Å². The lowest BCUT2D eigenvalue weighted by Crippen LogP contribution is -2.00. The number of nitriles is 1. The molecular formula is C20H17N3OS. The monoisotopic (exact) mass is 347 g/mol. The number of nitrogens with zero attached hydrogens (tertiary/aromatic N) is 2. The minimum atomic E-state index is 0.217. The van der Waals surface area contributed by atoms with Gasteiger partial charge in [0.1, 0.15) is 23.2 Å². The highest BCUT2D eigenvalue weighted by atomic mass is 32.2. The van der Waals surface area contributed by atoms with E-state index in [1.54, 1.807) is 18.9 Å². The third-order valence-electron chi connectivity index (χ3n) is 3.94. The zero-order valence-corrected chi connectivity index (χ0v) is 14.8. The van der Waals surface area contributed by atoms with Crippen molar-refractivity contribution in [2.24, 2.45) is 0 Å². The molecule has 1 heterocycles. The van der Waals surface area contributed by atoms with Gasteiger partial charge in [0.25, 0.3) is 0 Å². The summed E-state index contributed by atoms with van der Waals surface area (Å²) >= 11 is 1.67. The van der Waals surface area contributed by atoms with Gasteiger partial charge in [0, 0.05) is 16.0 Å². The lowest BCUT2D eigenvalue weighted by molar-refractivity contribution is 0.416. The maximum atomic E-state index is 9.52. The van der Waals surface area contributed by atoms with E-state index in [4.69, 9.17) is 10.5 Å². The number of nitrogens with two attached hydrogens (primary N) is 1. The van der Waals surface area contributed by atoms with E-state index >= 15 is 0 Å². The topological polar surface area (TPSA) is 71.9 Å². The molecule has 0 bridgehead atoms. The number of hydrogen-bond acceptors (Lipinski definition) is 5. The minimum Gasteiger partial charge on any atom is -0.496 e. The van der Waals surface area contributed by atoms with Crippen LogP contribution in [0.2, 0.25) is 0 Å². The molecule has 5 heteroatoms. The first kappa shape index (κ1) is 16.9. The van der Waals surface area contributed by atoms with Gasteiger partial charge in [0.15, 0.2) is 0 Å². The van der Waals surface area contributed by atoms with Crippen molar-refractivity contribution in [3.05, 3.63) is 60.2 Å². The van der Waals surface area contributed by atoms with Gasteiger partial charge in [-0.1, -0.05) is 24.3 Å². The van der Waals surface area contributed by atoms with Crippen molar-refractivity contribution in [2.45, 2.75) is 4.90 Å². The molecule has 0 aliphatic carbocycles. The summed E-state index contributed by atoms with van der Waals surface area (Å²) in [4.78, 5) is 5.58. The Bertz CT molecular complexity index is 946. The van der Waals surface area contributed by atoms with Gasteiger partial charge < -0.3 is 10.5 Å². The number of rotatable bonds is 4. The normalized spacial score (nSPS) is 10.3. The Morgan fingerprint density at radius 2 is 1.80 bits per heavy atom. The van der Waals surface area contributed by atoms with Crippen LogP contribution in [0.5, 0.6) is 5.75 Å². The quantitative estimate of drug-likeness (QED) is 0.698. The summed E-state index contributed by atoms with van der Waals surface area (Å²) in [5.74, 6) is 0.928. The van der Waals surface area contributed by atoms with E-state index < -0.39 is 0 Å². The molecule has 3 aromatic rings. The Hall–Kier alpha value is -2.97. The fourth-order valence-electron chi connectivity index (χ4n) is 2.67. The Balaban J connectivity index is 2.20. The number of anilines is 1. The Kier molecular flexibility index (Phi) is 4.92. The maximum Gasteiger partial charge on any atom is 0.142 e. The van der Waals surface area contributed by atoms with Gasteiger partial charge in [0.2, 0.25) is 0 Å². The molecular weight excluding hydrogens is 330 g/mol. The number of hydrogen-bond donors (Lipinski definition) is 1. The Morgan fingerprint density at radius 1 is 1.08 bits per heavy atom. The maximum absolute atomic E-state index is 9.52. The molecule has 0 radical (unpaired) electrons. The van der Waals surface area contributed by atoms with E-state index in [0.717, 1.165) is 21.6 Å². The first-order valence-electron chi connectivity index (χ1n) is 7.66. The van der Waals surface area contributed by atoms with Gasteiger partial charge in [-0.3, -0.25) is 0 Å². The van der Waals surface area contributed by atoms with E-state index in [-0.39, 0.29) is 5.82 Å². The first-order valence-corrected chi connectivity index (χ1v) is 8.89. The van der Waals surface area contributed by atoms with Gasteiger partial charge in [-0.25, -0.2) is 4.98 Å². The van der Waals surface area contributed by atoms with Gasteiger partial charge in [-0.05, 0) is 42.2 Å². The van der Waals surface area contributed by atoms with Crippen LogP contribution in [0.3, 0.4) is 0 Å². The molecule has 0 amide bonds. The van der Waals surface area contributed by atoms with E-state index in [1.165, 1.54) is 0 Å². The number of para-hydroxylation sites is 1. The smallest absolute Gasteiger partial charge is 0.142 e. The predicted octanol–water partition coefficient (Wildman–Crippen LogP) is 4.60. The molecule has 0 unspecified atom stereocenters. The third kappa shape index (κ3) is 3.30. The molecule has 3 rings (SSSR count). The molecule has 0 spiro atoms. The summed E-state index contributed by atoms with van der Waals surface area (Å²) < 4.78 is 5.42. The highest BCUT2D eigenvalue weighted by Crippen LogP contribution is 2.35. The largest absolute Gasteiger partial charge is 0.496 e. The summed E-state index contributed by atoms with van der Waals surface area (Å²) in [5.41, 5.74) is 9.67. The number of nitrogen functional groups attached to an aromatic ring is 1. The van der Waals surface area contributed by atoms with Crippen LogP contribution in [0, 0.1) is 11.3 Å². The van der Waals surface area contributed by atoms with E-state index in [9.17, 15) is 5.26 Å². The second-order valence-electron chi connectivity index (χ2n) is 5.36. The Morgan fingerprint density at radius 3 is 2.44 bits per heavy atom. The lowest BCUT2D eigenvalue weighted by atomic mass is 9.98. The van der Waals surface area contributed by atoms with Crippen LogP contribution in [0.4, 0.5) is 5.82 Å². The fourth-order valence-corrected chi connectivity index (χ4v) is 3.08. The molecule has 0 aliphatic heterocycles. The molecule has 0 aliphatic rings. The average Bonchev–Trinajstić information content (AvgIpc) is 2.67. The van der Waals surface area contributed by atoms with Crippen molar-refractivity contribution in [3.8, 4) is 34.2 Å². The minimum absolute atomic E-state index is 0.217. The lowest BCUT2D eigenvalue weighted by Gasteiger charge is -2.12. The van der Waals surface area contributed by atoms with Gasteiger partial charge >= 0.3 is 0 Å². The van der Waals surface area contributed by atoms with Crippen LogP contribution in [0.1, 0.15) is 5.56 Å². The van der Waals surface area contributed by atoms with E-state index in [0.29, 0.717) is 17.0 Å². The van der Waals surface area contributed by atoms with Crippen LogP contribution >= 0.6 is 11.8 Å². The predicted molar refractivity (Wildman–Crippen MR) is 103 cm³/mol. The van der Waals surface area contributed by atoms with Crippen LogP contribution in [-0.2, 0) is 0 Å². The average molecular weight is 347 g/mol. The first-order chi connectivity index (χ1) is 12.2. The van der Waals surface area contributed by atoms with Crippen molar-refractivity contribution in [1.82, 2.24) is 4.98 Å². The van der Waals surface area contributed by atoms with Gasteiger partial charge in [-0.15, -0.1) is 11.8 Å². The van der Waals surface area contributed by atoms with Crippen LogP contribution in [0.25, 0.3) is 22.4 Å². The number of aromatic nitrogens is 1. The number of pyridine rings is 1. The zero-order valence-electron chi connectivity index (χ0n) is 14.0. The van der Waals surface area contributed by atoms with E-state index in [1.807, 2.05) is 60.9 Å². The fraction of sp³-hybridized carbons (Fsp3) is 0.100. The van der Waals surface area contributed by atoms with E-state index in [2.05, 4.69) is 11.1 Å².